The maximum atomic E-state index is 13.0. The molecule has 0 aliphatic heterocycles. The van der Waals surface area contributed by atoms with Gasteiger partial charge in [0.1, 0.15) is 5.82 Å². The Morgan fingerprint density at radius 3 is 2.50 bits per heavy atom. The van der Waals surface area contributed by atoms with Gasteiger partial charge in [0.15, 0.2) is 0 Å². The lowest BCUT2D eigenvalue weighted by Gasteiger charge is -2.15. The van der Waals surface area contributed by atoms with Gasteiger partial charge in [0, 0.05) is 27.8 Å². The molecule has 0 bridgehead atoms. The standard InChI is InChI=1S/C14H11Cl3FNO/c15-8-1-3-11(16)10(5-8)14(20)7-19-9-2-4-13(18)12(17)6-9/h1-6,14,19-20H,7H2. The Balaban J connectivity index is 2.06. The predicted octanol–water partition coefficient (Wildman–Crippen LogP) is 4.93. The molecule has 0 saturated carbocycles. The van der Waals surface area contributed by atoms with E-state index in [1.807, 2.05) is 0 Å². The molecule has 2 N–H and O–H groups in total. The second-order valence-corrected chi connectivity index (χ2v) is 5.44. The summed E-state index contributed by atoms with van der Waals surface area (Å²) in [5, 5.41) is 14.0. The van der Waals surface area contributed by atoms with Crippen LogP contribution in [0.4, 0.5) is 10.1 Å². The van der Waals surface area contributed by atoms with Crippen molar-refractivity contribution in [3.05, 3.63) is 62.8 Å². The van der Waals surface area contributed by atoms with E-state index in [4.69, 9.17) is 34.8 Å². The summed E-state index contributed by atoms with van der Waals surface area (Å²) in [6, 6.07) is 9.11. The zero-order valence-corrected chi connectivity index (χ0v) is 12.5. The highest BCUT2D eigenvalue weighted by Crippen LogP contribution is 2.27. The summed E-state index contributed by atoms with van der Waals surface area (Å²) >= 11 is 17.5. The molecular weight excluding hydrogens is 324 g/mol. The average molecular weight is 335 g/mol. The molecule has 0 aliphatic rings. The normalized spacial score (nSPS) is 12.2. The van der Waals surface area contributed by atoms with Gasteiger partial charge in [0.05, 0.1) is 11.1 Å². The Morgan fingerprint density at radius 2 is 1.80 bits per heavy atom. The van der Waals surface area contributed by atoms with Crippen molar-refractivity contribution in [3.63, 3.8) is 0 Å². The third-order valence-electron chi connectivity index (χ3n) is 2.74. The van der Waals surface area contributed by atoms with Gasteiger partial charge in [-0.05, 0) is 36.4 Å². The number of aliphatic hydroxyl groups excluding tert-OH is 1. The number of anilines is 1. The van der Waals surface area contributed by atoms with Crippen LogP contribution in [0.15, 0.2) is 36.4 Å². The molecule has 20 heavy (non-hydrogen) atoms. The number of halogens is 4. The van der Waals surface area contributed by atoms with Crippen LogP contribution >= 0.6 is 34.8 Å². The Kier molecular flexibility index (Phi) is 5.11. The predicted molar refractivity (Wildman–Crippen MR) is 81.3 cm³/mol. The zero-order chi connectivity index (χ0) is 14.7. The number of hydrogen-bond acceptors (Lipinski definition) is 2. The van der Waals surface area contributed by atoms with Crippen molar-refractivity contribution >= 4 is 40.5 Å². The largest absolute Gasteiger partial charge is 0.387 e. The van der Waals surface area contributed by atoms with E-state index < -0.39 is 11.9 Å². The highest BCUT2D eigenvalue weighted by Gasteiger charge is 2.12. The summed E-state index contributed by atoms with van der Waals surface area (Å²) in [7, 11) is 0. The maximum absolute atomic E-state index is 13.0. The molecule has 2 aromatic rings. The first-order valence-corrected chi connectivity index (χ1v) is 6.92. The van der Waals surface area contributed by atoms with E-state index in [0.29, 0.717) is 21.3 Å². The molecule has 0 saturated heterocycles. The number of nitrogens with one attached hydrogen (secondary N) is 1. The molecule has 106 valence electrons. The molecular formula is C14H11Cl3FNO. The van der Waals surface area contributed by atoms with Crippen LogP contribution in [0, 0.1) is 5.82 Å². The third-order valence-corrected chi connectivity index (χ3v) is 3.61. The van der Waals surface area contributed by atoms with Crippen molar-refractivity contribution in [3.8, 4) is 0 Å². The van der Waals surface area contributed by atoms with Crippen LogP contribution in [0.5, 0.6) is 0 Å². The van der Waals surface area contributed by atoms with Crippen molar-refractivity contribution in [1.82, 2.24) is 0 Å². The van der Waals surface area contributed by atoms with Gasteiger partial charge in [0.25, 0.3) is 0 Å². The van der Waals surface area contributed by atoms with Crippen LogP contribution in [0.25, 0.3) is 0 Å². The number of aliphatic hydroxyl groups is 1. The van der Waals surface area contributed by atoms with E-state index in [1.165, 1.54) is 18.2 Å². The Hall–Kier alpha value is -1.000. The van der Waals surface area contributed by atoms with Crippen LogP contribution in [0.2, 0.25) is 15.1 Å². The molecule has 2 aromatic carbocycles. The lowest BCUT2D eigenvalue weighted by atomic mass is 10.1. The van der Waals surface area contributed by atoms with Gasteiger partial charge in [-0.3, -0.25) is 0 Å². The van der Waals surface area contributed by atoms with E-state index in [0.717, 1.165) is 0 Å². The van der Waals surface area contributed by atoms with Crippen molar-refractivity contribution < 1.29 is 9.50 Å². The molecule has 6 heteroatoms. The van der Waals surface area contributed by atoms with Crippen LogP contribution in [0.1, 0.15) is 11.7 Å². The smallest absolute Gasteiger partial charge is 0.141 e. The van der Waals surface area contributed by atoms with Crippen molar-refractivity contribution in [2.75, 3.05) is 11.9 Å². The van der Waals surface area contributed by atoms with Crippen molar-refractivity contribution in [1.29, 1.82) is 0 Å². The molecule has 0 spiro atoms. The number of benzene rings is 2. The summed E-state index contributed by atoms with van der Waals surface area (Å²) in [4.78, 5) is 0. The SMILES string of the molecule is OC(CNc1ccc(F)c(Cl)c1)c1cc(Cl)ccc1Cl. The lowest BCUT2D eigenvalue weighted by molar-refractivity contribution is 0.192. The topological polar surface area (TPSA) is 32.3 Å². The molecule has 0 amide bonds. The highest BCUT2D eigenvalue weighted by molar-refractivity contribution is 6.33. The first-order chi connectivity index (χ1) is 9.47. The van der Waals surface area contributed by atoms with E-state index in [-0.39, 0.29) is 11.6 Å². The molecule has 2 rings (SSSR count). The van der Waals surface area contributed by atoms with E-state index >= 15 is 0 Å². The minimum Gasteiger partial charge on any atom is -0.387 e. The van der Waals surface area contributed by atoms with Crippen molar-refractivity contribution in [2.24, 2.45) is 0 Å². The van der Waals surface area contributed by atoms with Gasteiger partial charge in [-0.15, -0.1) is 0 Å². The fraction of sp³-hybridized carbons (Fsp3) is 0.143. The third kappa shape index (κ3) is 3.76. The monoisotopic (exact) mass is 333 g/mol. The van der Waals surface area contributed by atoms with Gasteiger partial charge >= 0.3 is 0 Å². The van der Waals surface area contributed by atoms with E-state index in [2.05, 4.69) is 5.32 Å². The second-order valence-electron chi connectivity index (χ2n) is 4.19. The molecule has 0 fully saturated rings. The molecule has 1 unspecified atom stereocenters. The van der Waals surface area contributed by atoms with Gasteiger partial charge in [-0.1, -0.05) is 34.8 Å². The minimum absolute atomic E-state index is 0.0188. The average Bonchev–Trinajstić information content (AvgIpc) is 2.42. The highest BCUT2D eigenvalue weighted by atomic mass is 35.5. The first kappa shape index (κ1) is 15.4. The first-order valence-electron chi connectivity index (χ1n) is 5.79. The van der Waals surface area contributed by atoms with Crippen LogP contribution in [0.3, 0.4) is 0 Å². The summed E-state index contributed by atoms with van der Waals surface area (Å²) in [6.45, 7) is 0.196. The fourth-order valence-corrected chi connectivity index (χ4v) is 2.31. The number of rotatable bonds is 4. The summed E-state index contributed by atoms with van der Waals surface area (Å²) in [5.74, 6) is -0.490. The van der Waals surface area contributed by atoms with Gasteiger partial charge in [0.2, 0.25) is 0 Å². The maximum Gasteiger partial charge on any atom is 0.141 e. The molecule has 0 heterocycles. The summed E-state index contributed by atoms with van der Waals surface area (Å²) in [6.07, 6.45) is -0.843. The summed E-state index contributed by atoms with van der Waals surface area (Å²) < 4.78 is 13.0. The molecule has 0 radical (unpaired) electrons. The van der Waals surface area contributed by atoms with Crippen LogP contribution in [-0.4, -0.2) is 11.7 Å². The Bertz CT molecular complexity index is 621. The summed E-state index contributed by atoms with van der Waals surface area (Å²) in [5.41, 5.74) is 1.13. The second kappa shape index (κ2) is 6.64. The van der Waals surface area contributed by atoms with E-state index in [1.54, 1.807) is 18.2 Å². The lowest BCUT2D eigenvalue weighted by Crippen LogP contribution is -2.12. The Morgan fingerprint density at radius 1 is 1.05 bits per heavy atom. The van der Waals surface area contributed by atoms with Gasteiger partial charge in [-0.2, -0.15) is 0 Å². The van der Waals surface area contributed by atoms with Gasteiger partial charge < -0.3 is 10.4 Å². The molecule has 0 aromatic heterocycles. The number of hydrogen-bond donors (Lipinski definition) is 2. The Labute approximate surface area is 131 Å². The minimum atomic E-state index is -0.843. The van der Waals surface area contributed by atoms with Crippen LogP contribution < -0.4 is 5.32 Å². The van der Waals surface area contributed by atoms with Gasteiger partial charge in [-0.25, -0.2) is 4.39 Å². The van der Waals surface area contributed by atoms with Crippen LogP contribution in [-0.2, 0) is 0 Å². The molecule has 2 nitrogen and oxygen atoms in total. The van der Waals surface area contributed by atoms with Crippen molar-refractivity contribution in [2.45, 2.75) is 6.10 Å². The molecule has 1 atom stereocenters. The fourth-order valence-electron chi connectivity index (χ4n) is 1.70. The quantitative estimate of drug-likeness (QED) is 0.831. The molecule has 0 aliphatic carbocycles. The van der Waals surface area contributed by atoms with E-state index in [9.17, 15) is 9.50 Å². The zero-order valence-electron chi connectivity index (χ0n) is 10.2.